The third-order valence-electron chi connectivity index (χ3n) is 2.61. The Morgan fingerprint density at radius 2 is 2.00 bits per heavy atom. The van der Waals surface area contributed by atoms with Gasteiger partial charge in [0, 0.05) is 23.4 Å². The number of aromatic nitrogens is 1. The van der Waals surface area contributed by atoms with Crippen LogP contribution in [0.15, 0.2) is 30.3 Å². The van der Waals surface area contributed by atoms with Crippen LogP contribution in [-0.2, 0) is 0 Å². The van der Waals surface area contributed by atoms with E-state index < -0.39 is 0 Å². The van der Waals surface area contributed by atoms with Crippen molar-refractivity contribution in [1.82, 2.24) is 4.98 Å². The van der Waals surface area contributed by atoms with Crippen LogP contribution in [0.4, 0.5) is 4.39 Å². The molecule has 2 aromatic rings. The van der Waals surface area contributed by atoms with E-state index in [2.05, 4.69) is 4.98 Å². The Labute approximate surface area is 110 Å². The average molecular weight is 259 g/mol. The van der Waals surface area contributed by atoms with Gasteiger partial charge in [0.15, 0.2) is 0 Å². The van der Waals surface area contributed by atoms with Gasteiger partial charge in [0.05, 0.1) is 0 Å². The Kier molecular flexibility index (Phi) is 3.46. The lowest BCUT2D eigenvalue weighted by molar-refractivity contribution is 0.453. The maximum absolute atomic E-state index is 13.2. The predicted octanol–water partition coefficient (Wildman–Crippen LogP) is 2.91. The quantitative estimate of drug-likeness (QED) is 0.657. The minimum Gasteiger partial charge on any atom is -0.439 e. The summed E-state index contributed by atoms with van der Waals surface area (Å²) in [5, 5.41) is 7.42. The molecule has 4 nitrogen and oxygen atoms in total. The molecule has 98 valence electrons. The molecule has 0 saturated heterocycles. The minimum absolute atomic E-state index is 0.0636. The number of ether oxygens (including phenoxy) is 1. The number of halogens is 1. The normalized spacial score (nSPS) is 10.3. The van der Waals surface area contributed by atoms with Gasteiger partial charge in [-0.3, -0.25) is 5.41 Å². The third kappa shape index (κ3) is 3.07. The van der Waals surface area contributed by atoms with Gasteiger partial charge in [0.1, 0.15) is 17.4 Å². The number of nitrogen functional groups attached to an aromatic ring is 1. The molecule has 0 amide bonds. The highest BCUT2D eigenvalue weighted by Crippen LogP contribution is 2.25. The molecule has 0 aliphatic heterocycles. The molecule has 3 N–H and O–H groups in total. The van der Waals surface area contributed by atoms with Crippen molar-refractivity contribution in [2.45, 2.75) is 13.8 Å². The summed E-state index contributed by atoms with van der Waals surface area (Å²) >= 11 is 0. The molecule has 5 heteroatoms. The first-order chi connectivity index (χ1) is 8.95. The Morgan fingerprint density at radius 1 is 1.26 bits per heavy atom. The minimum atomic E-state index is -0.375. The van der Waals surface area contributed by atoms with E-state index in [4.69, 9.17) is 15.9 Å². The number of benzene rings is 1. The molecule has 0 aliphatic rings. The van der Waals surface area contributed by atoms with Gasteiger partial charge in [-0.25, -0.2) is 9.37 Å². The number of amidine groups is 1. The Bertz CT molecular complexity index is 641. The first-order valence-corrected chi connectivity index (χ1v) is 5.73. The molecule has 1 aromatic heterocycles. The van der Waals surface area contributed by atoms with Crippen LogP contribution >= 0.6 is 0 Å². The highest BCUT2D eigenvalue weighted by molar-refractivity contribution is 5.95. The Balaban J connectivity index is 2.38. The fourth-order valence-corrected chi connectivity index (χ4v) is 1.64. The number of rotatable bonds is 3. The fourth-order valence-electron chi connectivity index (χ4n) is 1.64. The van der Waals surface area contributed by atoms with E-state index in [0.29, 0.717) is 22.9 Å². The SMILES string of the molecule is Cc1cc(C(=N)N)cc(Oc2cc(F)ccc2C)n1. The number of nitrogens with one attached hydrogen (secondary N) is 1. The van der Waals surface area contributed by atoms with E-state index in [9.17, 15) is 4.39 Å². The van der Waals surface area contributed by atoms with Gasteiger partial charge in [-0.15, -0.1) is 0 Å². The lowest BCUT2D eigenvalue weighted by atomic mass is 10.2. The van der Waals surface area contributed by atoms with Crippen molar-refractivity contribution in [3.63, 3.8) is 0 Å². The smallest absolute Gasteiger partial charge is 0.220 e. The van der Waals surface area contributed by atoms with Crippen molar-refractivity contribution < 1.29 is 9.13 Å². The van der Waals surface area contributed by atoms with Crippen molar-refractivity contribution in [2.75, 3.05) is 0 Å². The Morgan fingerprint density at radius 3 is 2.68 bits per heavy atom. The predicted molar refractivity (Wildman–Crippen MR) is 71.2 cm³/mol. The summed E-state index contributed by atoms with van der Waals surface area (Å²) in [5.41, 5.74) is 7.44. The van der Waals surface area contributed by atoms with E-state index in [1.807, 2.05) is 6.92 Å². The van der Waals surface area contributed by atoms with E-state index in [-0.39, 0.29) is 11.7 Å². The molecule has 0 fully saturated rings. The second kappa shape index (κ2) is 5.06. The molecule has 1 heterocycles. The van der Waals surface area contributed by atoms with Crippen LogP contribution in [0.3, 0.4) is 0 Å². The van der Waals surface area contributed by atoms with Crippen LogP contribution in [0.25, 0.3) is 0 Å². The molecule has 1 aromatic carbocycles. The van der Waals surface area contributed by atoms with Crippen molar-refractivity contribution >= 4 is 5.84 Å². The van der Waals surface area contributed by atoms with E-state index in [1.165, 1.54) is 12.1 Å². The van der Waals surface area contributed by atoms with Gasteiger partial charge in [-0.2, -0.15) is 0 Å². The van der Waals surface area contributed by atoms with Crippen LogP contribution in [0.2, 0.25) is 0 Å². The monoisotopic (exact) mass is 259 g/mol. The molecule has 0 radical (unpaired) electrons. The summed E-state index contributed by atoms with van der Waals surface area (Å²) in [6.45, 7) is 3.59. The van der Waals surface area contributed by atoms with Gasteiger partial charge in [0.25, 0.3) is 0 Å². The maximum Gasteiger partial charge on any atom is 0.220 e. The summed E-state index contributed by atoms with van der Waals surface area (Å²) in [6.07, 6.45) is 0. The summed E-state index contributed by atoms with van der Waals surface area (Å²) in [4.78, 5) is 4.19. The van der Waals surface area contributed by atoms with Gasteiger partial charge in [-0.05, 0) is 31.5 Å². The second-order valence-corrected chi connectivity index (χ2v) is 4.26. The lowest BCUT2D eigenvalue weighted by Gasteiger charge is -2.10. The first kappa shape index (κ1) is 13.0. The molecule has 2 rings (SSSR count). The van der Waals surface area contributed by atoms with Crippen LogP contribution in [0.1, 0.15) is 16.8 Å². The van der Waals surface area contributed by atoms with Crippen LogP contribution < -0.4 is 10.5 Å². The zero-order chi connectivity index (χ0) is 14.0. The number of aryl methyl sites for hydroxylation is 2. The zero-order valence-electron chi connectivity index (χ0n) is 10.7. The summed E-state index contributed by atoms with van der Waals surface area (Å²) < 4.78 is 18.7. The first-order valence-electron chi connectivity index (χ1n) is 5.73. The molecule has 0 unspecified atom stereocenters. The maximum atomic E-state index is 13.2. The fraction of sp³-hybridized carbons (Fsp3) is 0.143. The van der Waals surface area contributed by atoms with E-state index in [1.54, 1.807) is 25.1 Å². The van der Waals surface area contributed by atoms with E-state index >= 15 is 0 Å². The van der Waals surface area contributed by atoms with Crippen molar-refractivity contribution in [3.05, 3.63) is 53.0 Å². The third-order valence-corrected chi connectivity index (χ3v) is 2.61. The summed E-state index contributed by atoms with van der Waals surface area (Å²) in [7, 11) is 0. The zero-order valence-corrected chi connectivity index (χ0v) is 10.7. The number of nitrogens with two attached hydrogens (primary N) is 1. The largest absolute Gasteiger partial charge is 0.439 e. The number of hydrogen-bond acceptors (Lipinski definition) is 3. The van der Waals surface area contributed by atoms with Crippen molar-refractivity contribution in [3.8, 4) is 11.6 Å². The van der Waals surface area contributed by atoms with Gasteiger partial charge >= 0.3 is 0 Å². The van der Waals surface area contributed by atoms with Gasteiger partial charge < -0.3 is 10.5 Å². The highest BCUT2D eigenvalue weighted by Gasteiger charge is 2.07. The standard InChI is InChI=1S/C14H14FN3O/c1-8-3-4-11(15)7-12(8)19-13-6-10(14(16)17)5-9(2)18-13/h3-7H,1-2H3,(H3,16,17). The van der Waals surface area contributed by atoms with Gasteiger partial charge in [-0.1, -0.05) is 6.07 Å². The highest BCUT2D eigenvalue weighted by atomic mass is 19.1. The van der Waals surface area contributed by atoms with Crippen LogP contribution in [0, 0.1) is 25.1 Å². The van der Waals surface area contributed by atoms with Gasteiger partial charge in [0.2, 0.25) is 5.88 Å². The van der Waals surface area contributed by atoms with Crippen LogP contribution in [0.5, 0.6) is 11.6 Å². The molecule has 0 saturated carbocycles. The topological polar surface area (TPSA) is 72.0 Å². The summed E-state index contributed by atoms with van der Waals surface area (Å²) in [5.74, 6) is 0.248. The number of hydrogen-bond donors (Lipinski definition) is 2. The molecule has 0 spiro atoms. The molecule has 19 heavy (non-hydrogen) atoms. The molecular formula is C14H14FN3O. The molecular weight excluding hydrogens is 245 g/mol. The summed E-state index contributed by atoms with van der Waals surface area (Å²) in [6, 6.07) is 7.54. The van der Waals surface area contributed by atoms with Crippen molar-refractivity contribution in [2.24, 2.45) is 5.73 Å². The van der Waals surface area contributed by atoms with Crippen LogP contribution in [-0.4, -0.2) is 10.8 Å². The Hall–Kier alpha value is -2.43. The lowest BCUT2D eigenvalue weighted by Crippen LogP contribution is -2.11. The molecule has 0 atom stereocenters. The van der Waals surface area contributed by atoms with Crippen molar-refractivity contribution in [1.29, 1.82) is 5.41 Å². The molecule has 0 aliphatic carbocycles. The number of pyridine rings is 1. The van der Waals surface area contributed by atoms with E-state index in [0.717, 1.165) is 5.56 Å². The molecule has 0 bridgehead atoms. The second-order valence-electron chi connectivity index (χ2n) is 4.26. The number of nitrogens with zero attached hydrogens (tertiary/aromatic N) is 1. The average Bonchev–Trinajstić information content (AvgIpc) is 2.33.